The Labute approximate surface area is 118 Å². The highest BCUT2D eigenvalue weighted by Gasteiger charge is 2.11. The van der Waals surface area contributed by atoms with E-state index in [-0.39, 0.29) is 5.91 Å². The molecule has 0 aromatic carbocycles. The molecule has 0 spiro atoms. The van der Waals surface area contributed by atoms with E-state index < -0.39 is 0 Å². The van der Waals surface area contributed by atoms with Gasteiger partial charge in [0.25, 0.3) is 0 Å². The molecule has 0 aliphatic heterocycles. The van der Waals surface area contributed by atoms with Crippen LogP contribution < -0.4 is 0 Å². The number of amides is 1. The number of rotatable bonds is 1. The number of carbonyl (C=O) groups excluding carboxylic acids is 1. The van der Waals surface area contributed by atoms with E-state index >= 15 is 0 Å². The van der Waals surface area contributed by atoms with Crippen molar-refractivity contribution in [2.45, 2.75) is 6.92 Å². The third kappa shape index (κ3) is 3.48. The Kier molecular flexibility index (Phi) is 4.20. The normalized spacial score (nSPS) is 16.7. The maximum absolute atomic E-state index is 11.3. The number of nitrogens with zero attached hydrogens (tertiary/aromatic N) is 1. The molecule has 0 atom stereocenters. The first-order valence-corrected chi connectivity index (χ1v) is 6.40. The van der Waals surface area contributed by atoms with Crippen LogP contribution in [0, 0.1) is 5.41 Å². The van der Waals surface area contributed by atoms with E-state index in [4.69, 9.17) is 5.41 Å². The summed E-state index contributed by atoms with van der Waals surface area (Å²) < 4.78 is 1.61. The lowest BCUT2D eigenvalue weighted by Crippen LogP contribution is -2.19. The van der Waals surface area contributed by atoms with Gasteiger partial charge in [0.2, 0.25) is 5.71 Å². The topological polar surface area (TPSA) is 43.9 Å². The summed E-state index contributed by atoms with van der Waals surface area (Å²) in [4.78, 5) is 11.3. The molecule has 1 amide bonds. The molecule has 2 aliphatic rings. The second-order valence-electron chi connectivity index (χ2n) is 4.62. The first-order valence-electron chi connectivity index (χ1n) is 6.40. The van der Waals surface area contributed by atoms with Crippen LogP contribution in [-0.4, -0.2) is 29.0 Å². The van der Waals surface area contributed by atoms with Gasteiger partial charge < -0.3 is 5.41 Å². The zero-order valence-corrected chi connectivity index (χ0v) is 11.6. The summed E-state index contributed by atoms with van der Waals surface area (Å²) in [6.45, 7) is 1.55. The largest absolute Gasteiger partial charge is 0.384 e. The molecule has 1 N–H and O–H groups in total. The van der Waals surface area contributed by atoms with Gasteiger partial charge in [0.15, 0.2) is 0 Å². The van der Waals surface area contributed by atoms with Gasteiger partial charge in [0.05, 0.1) is 12.6 Å². The van der Waals surface area contributed by atoms with E-state index in [2.05, 4.69) is 0 Å². The van der Waals surface area contributed by atoms with Crippen molar-refractivity contribution in [3.63, 3.8) is 0 Å². The monoisotopic (exact) mass is 265 g/mol. The first-order chi connectivity index (χ1) is 9.56. The number of allylic oxidation sites excluding steroid dienone is 12. The summed E-state index contributed by atoms with van der Waals surface area (Å²) in [5, 5.41) is 7.43. The van der Waals surface area contributed by atoms with E-state index in [9.17, 15) is 4.79 Å². The van der Waals surface area contributed by atoms with Gasteiger partial charge in [-0.05, 0) is 35.5 Å². The number of hydrogen-bond donors (Lipinski definition) is 1. The first kappa shape index (κ1) is 13.9. The van der Waals surface area contributed by atoms with Gasteiger partial charge in [-0.25, -0.2) is 4.79 Å². The average Bonchev–Trinajstić information content (AvgIpc) is 2.46. The summed E-state index contributed by atoms with van der Waals surface area (Å²) in [7, 11) is 1.76. The van der Waals surface area contributed by atoms with Crippen molar-refractivity contribution in [1.29, 1.82) is 5.41 Å². The van der Waals surface area contributed by atoms with Gasteiger partial charge in [-0.2, -0.15) is 4.58 Å². The molecule has 0 aromatic heterocycles. The van der Waals surface area contributed by atoms with Crippen LogP contribution in [0.2, 0.25) is 0 Å². The number of hydrogen-bond acceptors (Lipinski definition) is 2. The fourth-order valence-electron chi connectivity index (χ4n) is 1.78. The average molecular weight is 265 g/mol. The van der Waals surface area contributed by atoms with Crippen LogP contribution >= 0.6 is 0 Å². The lowest BCUT2D eigenvalue weighted by atomic mass is 10.0. The minimum atomic E-state index is 0.0174. The maximum atomic E-state index is 11.3. The Hall–Kier alpha value is -2.55. The Morgan fingerprint density at radius 3 is 1.85 bits per heavy atom. The molecule has 0 heterocycles. The van der Waals surface area contributed by atoms with E-state index in [1.54, 1.807) is 30.7 Å². The SMILES string of the molecule is CC(=O)[N+](C)=C1C=CC(=CC=C2C=CC(=N)C=C2)C=C1. The van der Waals surface area contributed by atoms with E-state index in [0.717, 1.165) is 16.9 Å². The number of carbonyl (C=O) groups is 1. The fourth-order valence-corrected chi connectivity index (χ4v) is 1.78. The van der Waals surface area contributed by atoms with Crippen molar-refractivity contribution < 1.29 is 9.37 Å². The molecule has 0 radical (unpaired) electrons. The predicted molar refractivity (Wildman–Crippen MR) is 82.3 cm³/mol. The zero-order chi connectivity index (χ0) is 14.5. The van der Waals surface area contributed by atoms with Crippen molar-refractivity contribution in [2.75, 3.05) is 7.05 Å². The molecule has 2 aliphatic carbocycles. The van der Waals surface area contributed by atoms with Crippen LogP contribution in [0.15, 0.2) is 71.9 Å². The van der Waals surface area contributed by atoms with Gasteiger partial charge in [0, 0.05) is 12.2 Å². The van der Waals surface area contributed by atoms with Crippen LogP contribution in [0.5, 0.6) is 0 Å². The molecule has 2 rings (SSSR count). The van der Waals surface area contributed by atoms with Crippen LogP contribution in [-0.2, 0) is 4.79 Å². The summed E-state index contributed by atoms with van der Waals surface area (Å²) in [5.41, 5.74) is 3.53. The second-order valence-corrected chi connectivity index (χ2v) is 4.62. The second kappa shape index (κ2) is 6.06. The van der Waals surface area contributed by atoms with Crippen LogP contribution in [0.3, 0.4) is 0 Å². The molecule has 3 nitrogen and oxygen atoms in total. The third-order valence-electron chi connectivity index (χ3n) is 3.13. The van der Waals surface area contributed by atoms with Crippen LogP contribution in [0.1, 0.15) is 6.92 Å². The maximum Gasteiger partial charge on any atom is 0.384 e. The molecule has 0 aromatic rings. The molecular weight excluding hydrogens is 248 g/mol. The van der Waals surface area contributed by atoms with Gasteiger partial charge >= 0.3 is 5.91 Å². The molecule has 0 saturated carbocycles. The summed E-state index contributed by atoms with van der Waals surface area (Å²) >= 11 is 0. The Morgan fingerprint density at radius 2 is 1.40 bits per heavy atom. The van der Waals surface area contributed by atoms with Gasteiger partial charge in [-0.1, -0.05) is 24.3 Å². The van der Waals surface area contributed by atoms with Crippen molar-refractivity contribution in [3.05, 3.63) is 71.9 Å². The fraction of sp³-hybridized carbons (Fsp3) is 0.118. The molecule has 3 heteroatoms. The quantitative estimate of drug-likeness (QED) is 0.728. The Morgan fingerprint density at radius 1 is 0.950 bits per heavy atom. The van der Waals surface area contributed by atoms with Gasteiger partial charge in [-0.3, -0.25) is 0 Å². The molecule has 20 heavy (non-hydrogen) atoms. The number of nitrogens with one attached hydrogen (secondary N) is 1. The molecular formula is C17H17N2O+. The van der Waals surface area contributed by atoms with Crippen LogP contribution in [0.25, 0.3) is 0 Å². The predicted octanol–water partition coefficient (Wildman–Crippen LogP) is 2.74. The lowest BCUT2D eigenvalue weighted by Gasteiger charge is -2.02. The smallest absolute Gasteiger partial charge is 0.301 e. The van der Waals surface area contributed by atoms with Crippen molar-refractivity contribution in [2.24, 2.45) is 0 Å². The zero-order valence-electron chi connectivity index (χ0n) is 11.6. The highest BCUT2D eigenvalue weighted by atomic mass is 16.1. The highest BCUT2D eigenvalue weighted by Crippen LogP contribution is 2.11. The highest BCUT2D eigenvalue weighted by molar-refractivity contribution is 6.04. The van der Waals surface area contributed by atoms with E-state index in [0.29, 0.717) is 5.71 Å². The molecule has 0 bridgehead atoms. The van der Waals surface area contributed by atoms with E-state index in [1.807, 2.05) is 48.6 Å². The van der Waals surface area contributed by atoms with Crippen molar-refractivity contribution >= 4 is 17.3 Å². The Balaban J connectivity index is 2.13. The Bertz CT molecular complexity index is 629. The van der Waals surface area contributed by atoms with Gasteiger partial charge in [0.1, 0.15) is 7.05 Å². The molecule has 0 saturated heterocycles. The minimum absolute atomic E-state index is 0.0174. The summed E-state index contributed by atoms with van der Waals surface area (Å²) in [6.07, 6.45) is 19.2. The van der Waals surface area contributed by atoms with Crippen molar-refractivity contribution in [3.8, 4) is 0 Å². The summed E-state index contributed by atoms with van der Waals surface area (Å²) in [6, 6.07) is 0. The standard InChI is InChI=1S/C17H17N2O/c1-13(20)19(2)17-11-7-15(8-12-17)4-3-14-5-9-16(18)10-6-14/h3-12,18H,1-2H3/q+1. The lowest BCUT2D eigenvalue weighted by molar-refractivity contribution is -0.415. The van der Waals surface area contributed by atoms with Gasteiger partial charge in [-0.15, -0.1) is 0 Å². The van der Waals surface area contributed by atoms with E-state index in [1.165, 1.54) is 0 Å². The molecule has 0 unspecified atom stereocenters. The molecule has 0 fully saturated rings. The third-order valence-corrected chi connectivity index (χ3v) is 3.13. The summed E-state index contributed by atoms with van der Waals surface area (Å²) in [5.74, 6) is 0.0174. The molecule has 100 valence electrons. The van der Waals surface area contributed by atoms with Crippen LogP contribution in [0.4, 0.5) is 0 Å². The minimum Gasteiger partial charge on any atom is -0.301 e. The van der Waals surface area contributed by atoms with Crippen molar-refractivity contribution in [1.82, 2.24) is 0 Å².